The van der Waals surface area contributed by atoms with E-state index in [0.717, 1.165) is 44.0 Å². The van der Waals surface area contributed by atoms with Gasteiger partial charge in [-0.2, -0.15) is 0 Å². The monoisotopic (exact) mass is 325 g/mol. The molecule has 2 aliphatic rings. The van der Waals surface area contributed by atoms with Crippen molar-refractivity contribution in [1.82, 2.24) is 4.90 Å². The second-order valence-electron chi connectivity index (χ2n) is 6.31. The molecule has 1 aromatic rings. The summed E-state index contributed by atoms with van der Waals surface area (Å²) in [5.41, 5.74) is 1.18. The van der Waals surface area contributed by atoms with Gasteiger partial charge in [-0.1, -0.05) is 6.07 Å². The van der Waals surface area contributed by atoms with Gasteiger partial charge in [0.1, 0.15) is 23.1 Å². The van der Waals surface area contributed by atoms with Gasteiger partial charge in [-0.05, 0) is 43.0 Å². The Kier molecular flexibility index (Phi) is 4.59. The molecule has 0 amide bonds. The van der Waals surface area contributed by atoms with Crippen molar-refractivity contribution in [3.8, 4) is 11.5 Å². The number of benzene rings is 1. The molecule has 2 aliphatic heterocycles. The number of likely N-dealkylation sites (tertiary alicyclic amines) is 1. The highest BCUT2D eigenvalue weighted by Crippen LogP contribution is 2.31. The predicted octanol–water partition coefficient (Wildman–Crippen LogP) is 1.71. The van der Waals surface area contributed by atoms with E-state index in [1.807, 2.05) is 12.1 Å². The van der Waals surface area contributed by atoms with Crippen LogP contribution in [0.3, 0.4) is 0 Å². The molecule has 0 aliphatic carbocycles. The van der Waals surface area contributed by atoms with Crippen molar-refractivity contribution >= 4 is 9.84 Å². The van der Waals surface area contributed by atoms with E-state index in [1.54, 1.807) is 0 Å². The van der Waals surface area contributed by atoms with E-state index in [0.29, 0.717) is 19.0 Å². The molecule has 2 heterocycles. The standard InChI is InChI=1S/C16H23NO4S/c1-22(18,19)12-14-3-2-6-17(11-14)10-13-4-5-15-16(9-13)21-8-7-20-15/h4-5,9,14H,2-3,6-8,10-12H2,1H3/t14-/m1/s1. The third-order valence-corrected chi connectivity index (χ3v) is 5.23. The summed E-state index contributed by atoms with van der Waals surface area (Å²) < 4.78 is 34.1. The topological polar surface area (TPSA) is 55.8 Å². The maximum Gasteiger partial charge on any atom is 0.161 e. The number of ether oxygens (including phenoxy) is 2. The van der Waals surface area contributed by atoms with Crippen LogP contribution in [-0.2, 0) is 16.4 Å². The summed E-state index contributed by atoms with van der Waals surface area (Å²) in [6.45, 7) is 3.90. The van der Waals surface area contributed by atoms with Crippen LogP contribution in [0.2, 0.25) is 0 Å². The quantitative estimate of drug-likeness (QED) is 0.843. The van der Waals surface area contributed by atoms with Crippen LogP contribution in [0.25, 0.3) is 0 Å². The minimum Gasteiger partial charge on any atom is -0.486 e. The molecule has 0 N–H and O–H groups in total. The zero-order chi connectivity index (χ0) is 15.6. The van der Waals surface area contributed by atoms with E-state index in [-0.39, 0.29) is 5.92 Å². The first-order valence-corrected chi connectivity index (χ1v) is 9.84. The third kappa shape index (κ3) is 4.14. The van der Waals surface area contributed by atoms with E-state index in [9.17, 15) is 8.42 Å². The van der Waals surface area contributed by atoms with Gasteiger partial charge >= 0.3 is 0 Å². The maximum atomic E-state index is 11.5. The second kappa shape index (κ2) is 6.46. The molecular weight excluding hydrogens is 302 g/mol. The molecule has 22 heavy (non-hydrogen) atoms. The number of sulfone groups is 1. The van der Waals surface area contributed by atoms with Crippen molar-refractivity contribution in [2.24, 2.45) is 5.92 Å². The Hall–Kier alpha value is -1.27. The largest absolute Gasteiger partial charge is 0.486 e. The molecule has 1 atom stereocenters. The van der Waals surface area contributed by atoms with E-state index >= 15 is 0 Å². The van der Waals surface area contributed by atoms with Crippen LogP contribution in [0.5, 0.6) is 11.5 Å². The normalized spacial score (nSPS) is 22.5. The van der Waals surface area contributed by atoms with Crippen LogP contribution in [0.15, 0.2) is 18.2 Å². The summed E-state index contributed by atoms with van der Waals surface area (Å²) in [7, 11) is -2.90. The molecule has 0 bridgehead atoms. The van der Waals surface area contributed by atoms with Gasteiger partial charge in [-0.25, -0.2) is 8.42 Å². The molecular formula is C16H23NO4S. The van der Waals surface area contributed by atoms with Gasteiger partial charge in [0.15, 0.2) is 11.5 Å². The van der Waals surface area contributed by atoms with Gasteiger partial charge in [0.2, 0.25) is 0 Å². The summed E-state index contributed by atoms with van der Waals surface area (Å²) in [6.07, 6.45) is 3.39. The van der Waals surface area contributed by atoms with Crippen molar-refractivity contribution in [3.63, 3.8) is 0 Å². The molecule has 1 aromatic carbocycles. The second-order valence-corrected chi connectivity index (χ2v) is 8.50. The van der Waals surface area contributed by atoms with Gasteiger partial charge in [0, 0.05) is 19.3 Å². The smallest absolute Gasteiger partial charge is 0.161 e. The SMILES string of the molecule is CS(=O)(=O)C[C@@H]1CCCN(Cc2ccc3c(c2)OCCO3)C1. The summed E-state index contributed by atoms with van der Waals surface area (Å²) in [5, 5.41) is 0. The molecule has 5 nitrogen and oxygen atoms in total. The number of nitrogens with zero attached hydrogens (tertiary/aromatic N) is 1. The fourth-order valence-electron chi connectivity index (χ4n) is 3.30. The van der Waals surface area contributed by atoms with Crippen LogP contribution >= 0.6 is 0 Å². The number of fused-ring (bicyclic) bond motifs is 1. The lowest BCUT2D eigenvalue weighted by molar-refractivity contribution is 0.168. The van der Waals surface area contributed by atoms with E-state index < -0.39 is 9.84 Å². The molecule has 0 aromatic heterocycles. The fraction of sp³-hybridized carbons (Fsp3) is 0.625. The molecule has 0 spiro atoms. The van der Waals surface area contributed by atoms with Crippen molar-refractivity contribution in [2.45, 2.75) is 19.4 Å². The molecule has 1 saturated heterocycles. The van der Waals surface area contributed by atoms with Crippen molar-refractivity contribution in [1.29, 1.82) is 0 Å². The Morgan fingerprint density at radius 3 is 2.77 bits per heavy atom. The van der Waals surface area contributed by atoms with E-state index in [2.05, 4.69) is 11.0 Å². The fourth-order valence-corrected chi connectivity index (χ4v) is 4.43. The van der Waals surface area contributed by atoms with Crippen LogP contribution in [0, 0.1) is 5.92 Å². The number of rotatable bonds is 4. The predicted molar refractivity (Wildman–Crippen MR) is 85.1 cm³/mol. The van der Waals surface area contributed by atoms with E-state index in [1.165, 1.54) is 11.8 Å². The molecule has 1 fully saturated rings. The first-order valence-electron chi connectivity index (χ1n) is 7.78. The minimum atomic E-state index is -2.90. The van der Waals surface area contributed by atoms with Gasteiger partial charge in [-0.15, -0.1) is 0 Å². The summed E-state index contributed by atoms with van der Waals surface area (Å²) in [5.74, 6) is 2.17. The molecule has 3 rings (SSSR count). The molecule has 0 saturated carbocycles. The number of hydrogen-bond acceptors (Lipinski definition) is 5. The van der Waals surface area contributed by atoms with Crippen molar-refractivity contribution in [3.05, 3.63) is 23.8 Å². The Labute approximate surface area is 132 Å². The van der Waals surface area contributed by atoms with Gasteiger partial charge in [0.05, 0.1) is 5.75 Å². The highest BCUT2D eigenvalue weighted by atomic mass is 32.2. The van der Waals surface area contributed by atoms with Crippen LogP contribution in [0.1, 0.15) is 18.4 Å². The average molecular weight is 325 g/mol. The zero-order valence-electron chi connectivity index (χ0n) is 13.0. The van der Waals surface area contributed by atoms with Gasteiger partial charge in [-0.3, -0.25) is 4.90 Å². The lowest BCUT2D eigenvalue weighted by Gasteiger charge is -2.32. The lowest BCUT2D eigenvalue weighted by atomic mass is 9.99. The van der Waals surface area contributed by atoms with Crippen LogP contribution in [0.4, 0.5) is 0 Å². The van der Waals surface area contributed by atoms with E-state index in [4.69, 9.17) is 9.47 Å². The number of hydrogen-bond donors (Lipinski definition) is 0. The summed E-state index contributed by atoms with van der Waals surface area (Å²) in [4.78, 5) is 2.34. The molecule has 6 heteroatoms. The molecule has 122 valence electrons. The first-order chi connectivity index (χ1) is 10.5. The van der Waals surface area contributed by atoms with Crippen molar-refractivity contribution in [2.75, 3.05) is 38.3 Å². The zero-order valence-corrected chi connectivity index (χ0v) is 13.8. The van der Waals surface area contributed by atoms with Crippen LogP contribution in [-0.4, -0.2) is 51.6 Å². The van der Waals surface area contributed by atoms with Crippen molar-refractivity contribution < 1.29 is 17.9 Å². The Bertz CT molecular complexity index is 629. The Morgan fingerprint density at radius 2 is 2.00 bits per heavy atom. The minimum absolute atomic E-state index is 0.251. The molecule has 0 radical (unpaired) electrons. The first kappa shape index (κ1) is 15.6. The third-order valence-electron chi connectivity index (χ3n) is 4.15. The molecule has 0 unspecified atom stereocenters. The lowest BCUT2D eigenvalue weighted by Crippen LogP contribution is -2.37. The highest BCUT2D eigenvalue weighted by molar-refractivity contribution is 7.90. The summed E-state index contributed by atoms with van der Waals surface area (Å²) >= 11 is 0. The summed E-state index contributed by atoms with van der Waals surface area (Å²) in [6, 6.07) is 6.06. The maximum absolute atomic E-state index is 11.5. The Morgan fingerprint density at radius 1 is 1.23 bits per heavy atom. The number of piperidine rings is 1. The van der Waals surface area contributed by atoms with Crippen LogP contribution < -0.4 is 9.47 Å². The average Bonchev–Trinajstić information content (AvgIpc) is 2.46. The highest BCUT2D eigenvalue weighted by Gasteiger charge is 2.23. The van der Waals surface area contributed by atoms with Gasteiger partial charge < -0.3 is 9.47 Å². The Balaban J connectivity index is 1.63. The van der Waals surface area contributed by atoms with Gasteiger partial charge in [0.25, 0.3) is 0 Å².